The number of halogens is 2. The molecule has 176 valence electrons. The summed E-state index contributed by atoms with van der Waals surface area (Å²) in [5.74, 6) is 1.86. The Bertz CT molecular complexity index is 1270. The summed E-state index contributed by atoms with van der Waals surface area (Å²) < 4.78 is 6.30. The number of benzene rings is 1. The number of hydrogen-bond donors (Lipinski definition) is 1. The smallest absolute Gasteiger partial charge is 0.167 e. The van der Waals surface area contributed by atoms with E-state index in [0.717, 1.165) is 51.1 Å². The van der Waals surface area contributed by atoms with Gasteiger partial charge in [0.1, 0.15) is 22.3 Å². The maximum atomic E-state index is 6.37. The van der Waals surface area contributed by atoms with Gasteiger partial charge in [-0.2, -0.15) is 0 Å². The minimum Gasteiger partial charge on any atom is -0.352 e. The average Bonchev–Trinajstić information content (AvgIpc) is 3.32. The van der Waals surface area contributed by atoms with Crippen molar-refractivity contribution in [1.82, 2.24) is 23.9 Å². The highest BCUT2D eigenvalue weighted by Gasteiger charge is 2.17. The van der Waals surface area contributed by atoms with Gasteiger partial charge in [-0.1, -0.05) is 37.4 Å². The van der Waals surface area contributed by atoms with Crippen molar-refractivity contribution in [3.05, 3.63) is 47.1 Å². The zero-order chi connectivity index (χ0) is 24.3. The van der Waals surface area contributed by atoms with Crippen LogP contribution in [0.2, 0.25) is 5.15 Å². The molecule has 3 aromatic heterocycles. The molecule has 4 rings (SSSR count). The molecule has 1 atom stereocenters. The predicted molar refractivity (Wildman–Crippen MR) is 155 cm³/mol. The highest BCUT2D eigenvalue weighted by atomic mass is 127. The number of hydrogen-bond acceptors (Lipinski definition) is 6. The Morgan fingerprint density at radius 1 is 1.15 bits per heavy atom. The molecule has 4 aromatic rings. The normalized spacial score (nSPS) is 11.2. The van der Waals surface area contributed by atoms with Gasteiger partial charge in [-0.25, -0.2) is 15.0 Å². The lowest BCUT2D eigenvalue weighted by atomic mass is 10.1. The second kappa shape index (κ2) is 11.3. The van der Waals surface area contributed by atoms with Gasteiger partial charge in [0.15, 0.2) is 5.65 Å². The van der Waals surface area contributed by atoms with Crippen LogP contribution >= 0.6 is 52.0 Å². The van der Waals surface area contributed by atoms with Crippen LogP contribution in [0.25, 0.3) is 22.6 Å². The fraction of sp³-hybridized carbons (Fsp3) is 0.318. The summed E-state index contributed by atoms with van der Waals surface area (Å²) in [6.45, 7) is 8.04. The zero-order valence-corrected chi connectivity index (χ0v) is 24.5. The fourth-order valence-electron chi connectivity index (χ4n) is 3.37. The van der Waals surface area contributed by atoms with Gasteiger partial charge in [0.25, 0.3) is 0 Å². The van der Waals surface area contributed by atoms with Crippen LogP contribution < -0.4 is 9.62 Å². The molecule has 3 heterocycles. The molecule has 0 aliphatic heterocycles. The SMILES string of the molecule is CC.CSN(C)c1cc(-c2ncc(C)n2C)ccc1Nc1cc(Cl)nc2c1nc(C)n2PI. The molecule has 0 bridgehead atoms. The number of aryl methyl sites for hydroxylation is 2. The van der Waals surface area contributed by atoms with Crippen molar-refractivity contribution < 1.29 is 0 Å². The van der Waals surface area contributed by atoms with Crippen LogP contribution in [0, 0.1) is 13.8 Å². The third-order valence-electron chi connectivity index (χ3n) is 5.20. The standard InChI is InChI=1S/C20H22ClIN7PS.C2H6/c1-11-10-23-19(27(11)3)13-6-7-14(16(8-13)28(4)31-5)25-15-9-17(21)26-20-18(15)24-12(2)29(20)30-22;1-2/h6-10,30H,1-5H3,(H,25,26);1-2H3. The van der Waals surface area contributed by atoms with E-state index in [0.29, 0.717) is 11.5 Å². The van der Waals surface area contributed by atoms with Crippen molar-refractivity contribution in [2.75, 3.05) is 22.9 Å². The highest BCUT2D eigenvalue weighted by molar-refractivity contribution is 14.2. The Labute approximate surface area is 219 Å². The van der Waals surface area contributed by atoms with Crippen LogP contribution in [-0.2, 0) is 7.05 Å². The fourth-order valence-corrected chi connectivity index (χ4v) is 6.04. The summed E-state index contributed by atoms with van der Waals surface area (Å²) in [5, 5.41) is 3.99. The molecule has 0 amide bonds. The van der Waals surface area contributed by atoms with Crippen LogP contribution in [-0.4, -0.2) is 37.2 Å². The maximum Gasteiger partial charge on any atom is 0.167 e. The third-order valence-corrected chi connectivity index (χ3v) is 8.29. The summed E-state index contributed by atoms with van der Waals surface area (Å²) in [6, 6.07) is 8.13. The Balaban J connectivity index is 0.00000149. The average molecular weight is 616 g/mol. The second-order valence-corrected chi connectivity index (χ2v) is 10.4. The van der Waals surface area contributed by atoms with Crippen molar-refractivity contribution >= 4 is 80.2 Å². The number of aromatic nitrogens is 5. The van der Waals surface area contributed by atoms with E-state index >= 15 is 0 Å². The van der Waals surface area contributed by atoms with Crippen molar-refractivity contribution in [2.45, 2.75) is 27.7 Å². The van der Waals surface area contributed by atoms with E-state index in [4.69, 9.17) is 16.6 Å². The van der Waals surface area contributed by atoms with Crippen LogP contribution in [0.1, 0.15) is 25.4 Å². The molecule has 0 aliphatic rings. The first kappa shape index (κ1) is 26.1. The van der Waals surface area contributed by atoms with Gasteiger partial charge in [0, 0.05) is 43.9 Å². The molecule has 7 nitrogen and oxygen atoms in total. The van der Waals surface area contributed by atoms with E-state index in [1.807, 2.05) is 47.1 Å². The Kier molecular flexibility index (Phi) is 8.89. The largest absolute Gasteiger partial charge is 0.352 e. The number of anilines is 3. The van der Waals surface area contributed by atoms with E-state index in [9.17, 15) is 0 Å². The van der Waals surface area contributed by atoms with Crippen LogP contribution in [0.3, 0.4) is 0 Å². The number of nitrogens with zero attached hydrogens (tertiary/aromatic N) is 6. The minimum atomic E-state index is 0.436. The van der Waals surface area contributed by atoms with Crippen molar-refractivity contribution in [3.8, 4) is 11.4 Å². The summed E-state index contributed by atoms with van der Waals surface area (Å²) in [7, 11) is 4.08. The quantitative estimate of drug-likeness (QED) is 0.106. The Morgan fingerprint density at radius 2 is 1.88 bits per heavy atom. The van der Waals surface area contributed by atoms with Gasteiger partial charge in [-0.3, -0.25) is 4.34 Å². The molecule has 0 saturated carbocycles. The summed E-state index contributed by atoms with van der Waals surface area (Å²) in [6.07, 6.45) is 4.44. The lowest BCUT2D eigenvalue weighted by Gasteiger charge is -2.21. The molecule has 0 fully saturated rings. The minimum absolute atomic E-state index is 0.436. The first-order valence-electron chi connectivity index (χ1n) is 10.4. The Morgan fingerprint density at radius 3 is 2.48 bits per heavy atom. The molecule has 33 heavy (non-hydrogen) atoms. The summed E-state index contributed by atoms with van der Waals surface area (Å²) in [5.41, 5.74) is 6.61. The molecule has 11 heteroatoms. The van der Waals surface area contributed by atoms with Crippen molar-refractivity contribution in [1.29, 1.82) is 0 Å². The van der Waals surface area contributed by atoms with Crippen molar-refractivity contribution in [2.24, 2.45) is 7.05 Å². The molecule has 1 N–H and O–H groups in total. The van der Waals surface area contributed by atoms with Gasteiger partial charge in [0.05, 0.1) is 23.4 Å². The molecule has 0 radical (unpaired) electrons. The number of pyridine rings is 1. The topological polar surface area (TPSA) is 63.8 Å². The second-order valence-electron chi connectivity index (χ2n) is 7.06. The molecule has 0 aliphatic carbocycles. The predicted octanol–water partition coefficient (Wildman–Crippen LogP) is 7.38. The third kappa shape index (κ3) is 5.26. The molecule has 1 aromatic carbocycles. The molecular weight excluding hydrogens is 588 g/mol. The zero-order valence-electron chi connectivity index (χ0n) is 19.7. The molecular formula is C22H28ClIN7PS. The molecule has 0 spiro atoms. The van der Waals surface area contributed by atoms with E-state index in [-0.39, 0.29) is 0 Å². The summed E-state index contributed by atoms with van der Waals surface area (Å²) >= 11 is 10.3. The number of rotatable bonds is 6. The number of fused-ring (bicyclic) bond motifs is 1. The van der Waals surface area contributed by atoms with Crippen molar-refractivity contribution in [3.63, 3.8) is 0 Å². The summed E-state index contributed by atoms with van der Waals surface area (Å²) in [4.78, 5) is 13.8. The Hall–Kier alpha value is -1.55. The van der Waals surface area contributed by atoms with Gasteiger partial charge in [0.2, 0.25) is 0 Å². The van der Waals surface area contributed by atoms with Gasteiger partial charge in [-0.15, -0.1) is 0 Å². The van der Waals surface area contributed by atoms with Gasteiger partial charge >= 0.3 is 0 Å². The van der Waals surface area contributed by atoms with Crippen LogP contribution in [0.15, 0.2) is 30.5 Å². The van der Waals surface area contributed by atoms with Gasteiger partial charge < -0.3 is 14.2 Å². The van der Waals surface area contributed by atoms with Crippen LogP contribution in [0.4, 0.5) is 17.1 Å². The van der Waals surface area contributed by atoms with E-state index in [1.54, 1.807) is 11.9 Å². The molecule has 0 saturated heterocycles. The van der Waals surface area contributed by atoms with Gasteiger partial charge in [-0.05, 0) is 54.1 Å². The van der Waals surface area contributed by atoms with E-state index < -0.39 is 0 Å². The van der Waals surface area contributed by atoms with E-state index in [2.05, 4.69) is 81.9 Å². The first-order valence-corrected chi connectivity index (χ1v) is 16.1. The highest BCUT2D eigenvalue weighted by Crippen LogP contribution is 2.38. The number of imidazole rings is 2. The lowest BCUT2D eigenvalue weighted by Crippen LogP contribution is -2.09. The lowest BCUT2D eigenvalue weighted by molar-refractivity contribution is 0.884. The molecule has 1 unspecified atom stereocenters. The van der Waals surface area contributed by atoms with Crippen LogP contribution in [0.5, 0.6) is 0 Å². The maximum absolute atomic E-state index is 6.37. The first-order chi connectivity index (χ1) is 15.8. The van der Waals surface area contributed by atoms with E-state index in [1.165, 1.54) is 0 Å². The number of nitrogens with one attached hydrogen (secondary N) is 1. The monoisotopic (exact) mass is 615 g/mol.